The zero-order valence-electron chi connectivity index (χ0n) is 12.8. The molecule has 21 heavy (non-hydrogen) atoms. The maximum absolute atomic E-state index is 5.60. The molecular formula is C17H23N3O. The van der Waals surface area contributed by atoms with E-state index >= 15 is 0 Å². The van der Waals surface area contributed by atoms with Gasteiger partial charge in [-0.15, -0.1) is 0 Å². The monoisotopic (exact) mass is 285 g/mol. The second-order valence-corrected chi connectivity index (χ2v) is 5.41. The molecule has 0 fully saturated rings. The lowest BCUT2D eigenvalue weighted by atomic mass is 9.99. The Morgan fingerprint density at radius 1 is 1.38 bits per heavy atom. The first-order chi connectivity index (χ1) is 10.3. The van der Waals surface area contributed by atoms with Gasteiger partial charge in [0.15, 0.2) is 0 Å². The van der Waals surface area contributed by atoms with E-state index < -0.39 is 0 Å². The van der Waals surface area contributed by atoms with Gasteiger partial charge < -0.3 is 14.6 Å². The van der Waals surface area contributed by atoms with E-state index in [4.69, 9.17) is 4.74 Å². The van der Waals surface area contributed by atoms with Gasteiger partial charge >= 0.3 is 0 Å². The number of nitrogens with zero attached hydrogens (tertiary/aromatic N) is 2. The fourth-order valence-corrected chi connectivity index (χ4v) is 2.98. The highest BCUT2D eigenvalue weighted by molar-refractivity contribution is 5.41. The highest BCUT2D eigenvalue weighted by Gasteiger charge is 2.18. The summed E-state index contributed by atoms with van der Waals surface area (Å²) >= 11 is 0. The molecule has 4 heteroatoms. The molecule has 0 amide bonds. The van der Waals surface area contributed by atoms with Crippen molar-refractivity contribution in [3.8, 4) is 5.75 Å². The van der Waals surface area contributed by atoms with Crippen molar-refractivity contribution in [3.63, 3.8) is 0 Å². The van der Waals surface area contributed by atoms with Crippen LogP contribution >= 0.6 is 0 Å². The summed E-state index contributed by atoms with van der Waals surface area (Å²) in [5, 5.41) is 3.59. The van der Waals surface area contributed by atoms with Crippen molar-refractivity contribution in [1.29, 1.82) is 0 Å². The number of hydrogen-bond acceptors (Lipinski definition) is 3. The summed E-state index contributed by atoms with van der Waals surface area (Å²) in [4.78, 5) is 4.51. The van der Waals surface area contributed by atoms with Gasteiger partial charge in [0.05, 0.1) is 6.61 Å². The number of hydrogen-bond donors (Lipinski definition) is 1. The third kappa shape index (κ3) is 2.95. The van der Waals surface area contributed by atoms with Crippen LogP contribution in [0.2, 0.25) is 0 Å². The zero-order valence-corrected chi connectivity index (χ0v) is 12.8. The maximum atomic E-state index is 5.60. The van der Waals surface area contributed by atoms with Crippen LogP contribution in [-0.2, 0) is 19.4 Å². The molecule has 0 saturated heterocycles. The van der Waals surface area contributed by atoms with Gasteiger partial charge in [0, 0.05) is 37.8 Å². The Balaban J connectivity index is 1.84. The van der Waals surface area contributed by atoms with Crippen LogP contribution in [-0.4, -0.2) is 22.7 Å². The number of nitrogens with one attached hydrogen (secondary N) is 1. The fraction of sp³-hybridized carbons (Fsp3) is 0.471. The number of likely N-dealkylation sites (N-methyl/N-ethyl adjacent to an activating group) is 1. The Kier molecular flexibility index (Phi) is 4.25. The van der Waals surface area contributed by atoms with E-state index in [2.05, 4.69) is 53.1 Å². The van der Waals surface area contributed by atoms with Crippen LogP contribution in [0.25, 0.3) is 0 Å². The van der Waals surface area contributed by atoms with Crippen LogP contribution in [0, 0.1) is 0 Å². The molecule has 0 bridgehead atoms. The fourth-order valence-electron chi connectivity index (χ4n) is 2.98. The van der Waals surface area contributed by atoms with Gasteiger partial charge in [-0.2, -0.15) is 0 Å². The molecule has 2 aromatic rings. The quantitative estimate of drug-likeness (QED) is 0.887. The SMILES string of the molecule is CCNC(Cc1nccn1CC)c1ccc2c(c1)CCO2. The lowest BCUT2D eigenvalue weighted by Crippen LogP contribution is -2.24. The second-order valence-electron chi connectivity index (χ2n) is 5.41. The summed E-state index contributed by atoms with van der Waals surface area (Å²) < 4.78 is 7.81. The Hall–Kier alpha value is -1.81. The number of fused-ring (bicyclic) bond motifs is 1. The largest absolute Gasteiger partial charge is 0.493 e. The number of imidazole rings is 1. The van der Waals surface area contributed by atoms with E-state index in [0.717, 1.165) is 44.1 Å². The topological polar surface area (TPSA) is 39.1 Å². The van der Waals surface area contributed by atoms with E-state index in [0.29, 0.717) is 6.04 Å². The third-order valence-electron chi connectivity index (χ3n) is 4.10. The normalized spacial score (nSPS) is 14.8. The first-order valence-corrected chi connectivity index (χ1v) is 7.80. The smallest absolute Gasteiger partial charge is 0.122 e. The van der Waals surface area contributed by atoms with Gasteiger partial charge in [0.2, 0.25) is 0 Å². The first kappa shape index (κ1) is 14.1. The van der Waals surface area contributed by atoms with Crippen LogP contribution in [0.5, 0.6) is 5.75 Å². The van der Waals surface area contributed by atoms with Gasteiger partial charge in [-0.05, 0) is 30.7 Å². The van der Waals surface area contributed by atoms with E-state index in [1.54, 1.807) is 0 Å². The molecule has 1 aliphatic heterocycles. The molecule has 1 aliphatic rings. The van der Waals surface area contributed by atoms with Crippen molar-refractivity contribution >= 4 is 0 Å². The first-order valence-electron chi connectivity index (χ1n) is 7.80. The Labute approximate surface area is 126 Å². The number of rotatable bonds is 6. The predicted molar refractivity (Wildman–Crippen MR) is 83.7 cm³/mol. The summed E-state index contributed by atoms with van der Waals surface area (Å²) in [6.07, 6.45) is 5.87. The number of aromatic nitrogens is 2. The minimum absolute atomic E-state index is 0.300. The summed E-state index contributed by atoms with van der Waals surface area (Å²) in [6, 6.07) is 6.87. The van der Waals surface area contributed by atoms with Gasteiger partial charge in [-0.3, -0.25) is 0 Å². The van der Waals surface area contributed by atoms with Gasteiger partial charge in [-0.25, -0.2) is 4.98 Å². The van der Waals surface area contributed by atoms with Crippen molar-refractivity contribution in [2.45, 2.75) is 39.3 Å². The Morgan fingerprint density at radius 2 is 2.29 bits per heavy atom. The molecule has 0 spiro atoms. The summed E-state index contributed by atoms with van der Waals surface area (Å²) in [6.45, 7) is 7.03. The third-order valence-corrected chi connectivity index (χ3v) is 4.10. The molecule has 1 aromatic carbocycles. The highest BCUT2D eigenvalue weighted by Crippen LogP contribution is 2.29. The van der Waals surface area contributed by atoms with Gasteiger partial charge in [-0.1, -0.05) is 19.1 Å². The van der Waals surface area contributed by atoms with E-state index in [1.807, 2.05) is 6.20 Å². The highest BCUT2D eigenvalue weighted by atomic mass is 16.5. The van der Waals surface area contributed by atoms with Crippen LogP contribution in [0.1, 0.15) is 36.8 Å². The molecule has 2 heterocycles. The van der Waals surface area contributed by atoms with Crippen LogP contribution in [0.15, 0.2) is 30.6 Å². The standard InChI is InChI=1S/C17H23N3O/c1-3-18-15(12-17-19-8-9-20(17)4-2)13-5-6-16-14(11-13)7-10-21-16/h5-6,8-9,11,15,18H,3-4,7,10,12H2,1-2H3. The lowest BCUT2D eigenvalue weighted by Gasteiger charge is -2.19. The van der Waals surface area contributed by atoms with Crippen molar-refractivity contribution in [3.05, 3.63) is 47.5 Å². The molecule has 1 atom stereocenters. The molecule has 0 aliphatic carbocycles. The molecular weight excluding hydrogens is 262 g/mol. The number of benzene rings is 1. The zero-order chi connectivity index (χ0) is 14.7. The summed E-state index contributed by atoms with van der Waals surface area (Å²) in [5.41, 5.74) is 2.65. The van der Waals surface area contributed by atoms with Crippen molar-refractivity contribution < 1.29 is 4.74 Å². The van der Waals surface area contributed by atoms with Gasteiger partial charge in [0.25, 0.3) is 0 Å². The molecule has 4 nitrogen and oxygen atoms in total. The predicted octanol–water partition coefficient (Wildman–Crippen LogP) is 2.73. The molecule has 0 saturated carbocycles. The number of ether oxygens (including phenoxy) is 1. The average Bonchev–Trinajstić information content (AvgIpc) is 3.14. The molecule has 3 rings (SSSR count). The van der Waals surface area contributed by atoms with E-state index in [9.17, 15) is 0 Å². The minimum Gasteiger partial charge on any atom is -0.493 e. The maximum Gasteiger partial charge on any atom is 0.122 e. The second kappa shape index (κ2) is 6.31. The van der Waals surface area contributed by atoms with Gasteiger partial charge in [0.1, 0.15) is 11.6 Å². The van der Waals surface area contributed by atoms with Crippen molar-refractivity contribution in [2.24, 2.45) is 0 Å². The van der Waals surface area contributed by atoms with Crippen LogP contribution in [0.3, 0.4) is 0 Å². The molecule has 1 N–H and O–H groups in total. The van der Waals surface area contributed by atoms with Crippen LogP contribution in [0.4, 0.5) is 0 Å². The average molecular weight is 285 g/mol. The lowest BCUT2D eigenvalue weighted by molar-refractivity contribution is 0.356. The Bertz CT molecular complexity index is 606. The molecule has 112 valence electrons. The van der Waals surface area contributed by atoms with E-state index in [1.165, 1.54) is 11.1 Å². The molecule has 0 radical (unpaired) electrons. The van der Waals surface area contributed by atoms with E-state index in [-0.39, 0.29) is 0 Å². The summed E-state index contributed by atoms with van der Waals surface area (Å²) in [5.74, 6) is 2.18. The van der Waals surface area contributed by atoms with Crippen molar-refractivity contribution in [2.75, 3.05) is 13.2 Å². The molecule has 1 unspecified atom stereocenters. The molecule has 1 aromatic heterocycles. The minimum atomic E-state index is 0.300. The Morgan fingerprint density at radius 3 is 3.10 bits per heavy atom. The van der Waals surface area contributed by atoms with Crippen LogP contribution < -0.4 is 10.1 Å². The number of aryl methyl sites for hydroxylation is 1. The summed E-state index contributed by atoms with van der Waals surface area (Å²) in [7, 11) is 0. The van der Waals surface area contributed by atoms with Crippen molar-refractivity contribution in [1.82, 2.24) is 14.9 Å².